The monoisotopic (exact) mass is 760 g/mol. The quantitative estimate of drug-likeness (QED) is 0.120. The van der Waals surface area contributed by atoms with Crippen molar-refractivity contribution in [3.8, 4) is 33.6 Å². The minimum absolute atomic E-state index is 0.0770. The molecule has 11 heteroatoms. The Hall–Kier alpha value is -5.39. The Morgan fingerprint density at radius 1 is 0.929 bits per heavy atom. The molecule has 4 heterocycles. The first-order valence-corrected chi connectivity index (χ1v) is 19.5. The third-order valence-electron chi connectivity index (χ3n) is 10.00. The Kier molecular flexibility index (Phi) is 12.7. The normalized spacial score (nSPS) is 18.3. The van der Waals surface area contributed by atoms with E-state index >= 15 is 0 Å². The molecule has 2 aliphatic heterocycles. The lowest BCUT2D eigenvalue weighted by Crippen LogP contribution is -2.43. The van der Waals surface area contributed by atoms with Crippen LogP contribution in [0.5, 0.6) is 0 Å². The lowest BCUT2D eigenvalue weighted by molar-refractivity contribution is -0.258. The molecule has 0 radical (unpaired) electrons. The minimum Gasteiger partial charge on any atom is -0.458 e. The molecule has 4 aromatic rings. The lowest BCUT2D eigenvalue weighted by atomic mass is 10.00. The largest absolute Gasteiger partial charge is 0.458 e. The first-order chi connectivity index (χ1) is 26.8. The zero-order valence-corrected chi connectivity index (χ0v) is 33.5. The molecule has 2 fully saturated rings. The van der Waals surface area contributed by atoms with Crippen LogP contribution in [-0.4, -0.2) is 76.0 Å². The maximum atomic E-state index is 13.9. The highest BCUT2D eigenvalue weighted by molar-refractivity contribution is 5.96. The van der Waals surface area contributed by atoms with Gasteiger partial charge in [0.2, 0.25) is 5.76 Å². The number of aromatic nitrogens is 2. The number of allylic oxidation sites excluding steroid dienone is 2. The van der Waals surface area contributed by atoms with Crippen molar-refractivity contribution in [3.63, 3.8) is 0 Å². The van der Waals surface area contributed by atoms with Crippen LogP contribution in [0.3, 0.4) is 0 Å². The van der Waals surface area contributed by atoms with E-state index in [1.807, 2.05) is 101 Å². The standard InChI is InChI=1S/C45H52N4O7/c1-8-29(3)15-24-36-34(9-2)35(42(50)48(7)56-41-14-10-11-26-53-41)27-37(46-36)32-20-16-30(17-21-32)31-18-22-33(23-19-31)38-28-40(55-47-38)43(51)49-25-12-13-39(49)44(52)54-45(4,5)6/h9,15-24,27-28,39,41H,8,10-14,25-26H2,1-7H3. The second-order valence-electron chi connectivity index (χ2n) is 15.3. The number of likely N-dealkylation sites (tertiary alicyclic amines) is 1. The number of carbonyl (C=O) groups is 3. The van der Waals surface area contributed by atoms with Crippen LogP contribution in [-0.2, 0) is 19.1 Å². The van der Waals surface area contributed by atoms with Crippen LogP contribution < -0.4 is 10.6 Å². The molecular weight excluding hydrogens is 709 g/mol. The summed E-state index contributed by atoms with van der Waals surface area (Å²) in [6, 6.07) is 18.7. The van der Waals surface area contributed by atoms with Gasteiger partial charge in [-0.05, 0) is 90.0 Å². The van der Waals surface area contributed by atoms with E-state index in [0.717, 1.165) is 53.2 Å². The van der Waals surface area contributed by atoms with Gasteiger partial charge in [0.15, 0.2) is 6.29 Å². The number of nitrogens with zero attached hydrogens (tertiary/aromatic N) is 4. The van der Waals surface area contributed by atoms with Crippen molar-refractivity contribution < 1.29 is 33.2 Å². The van der Waals surface area contributed by atoms with Gasteiger partial charge in [-0.3, -0.25) is 9.59 Å². The Morgan fingerprint density at radius 3 is 2.20 bits per heavy atom. The zero-order chi connectivity index (χ0) is 40.0. The fraction of sp³-hybridized carbons (Fsp3) is 0.400. The van der Waals surface area contributed by atoms with Gasteiger partial charge in [0.1, 0.15) is 17.3 Å². The second kappa shape index (κ2) is 17.6. The van der Waals surface area contributed by atoms with Crippen LogP contribution in [0.1, 0.15) is 101 Å². The number of hydrogen-bond donors (Lipinski definition) is 0. The van der Waals surface area contributed by atoms with Gasteiger partial charge >= 0.3 is 5.97 Å². The fourth-order valence-corrected chi connectivity index (χ4v) is 6.80. The molecule has 2 atom stereocenters. The molecule has 2 amide bonds. The molecule has 2 saturated heterocycles. The molecule has 0 saturated carbocycles. The highest BCUT2D eigenvalue weighted by Crippen LogP contribution is 2.29. The summed E-state index contributed by atoms with van der Waals surface area (Å²) < 4.78 is 16.8. The number of ether oxygens (including phenoxy) is 2. The van der Waals surface area contributed by atoms with Crippen LogP contribution >= 0.6 is 0 Å². The Balaban J connectivity index is 1.21. The lowest BCUT2D eigenvalue weighted by Gasteiger charge is -2.27. The molecule has 2 aromatic carbocycles. The van der Waals surface area contributed by atoms with Gasteiger partial charge in [-0.1, -0.05) is 78.3 Å². The first-order valence-electron chi connectivity index (χ1n) is 19.5. The molecule has 6 rings (SSSR count). The molecule has 294 valence electrons. The van der Waals surface area contributed by atoms with Gasteiger partial charge in [-0.2, -0.15) is 0 Å². The van der Waals surface area contributed by atoms with Crippen molar-refractivity contribution in [2.24, 2.45) is 0 Å². The molecule has 56 heavy (non-hydrogen) atoms. The fourth-order valence-electron chi connectivity index (χ4n) is 6.80. The number of pyridine rings is 1. The molecule has 0 spiro atoms. The minimum atomic E-state index is -0.647. The van der Waals surface area contributed by atoms with Crippen LogP contribution in [0, 0.1) is 0 Å². The third-order valence-corrected chi connectivity index (χ3v) is 10.00. The summed E-state index contributed by atoms with van der Waals surface area (Å²) in [5, 5.41) is 6.88. The van der Waals surface area contributed by atoms with Gasteiger partial charge in [0, 0.05) is 49.0 Å². The summed E-state index contributed by atoms with van der Waals surface area (Å²) in [6.45, 7) is 12.6. The van der Waals surface area contributed by atoms with Crippen molar-refractivity contribution in [2.75, 3.05) is 20.2 Å². The summed E-state index contributed by atoms with van der Waals surface area (Å²) in [5.74, 6) is -0.988. The number of benzene rings is 2. The van der Waals surface area contributed by atoms with Gasteiger partial charge in [0.05, 0.1) is 16.6 Å². The summed E-state index contributed by atoms with van der Waals surface area (Å²) in [5.41, 5.74) is 5.85. The van der Waals surface area contributed by atoms with E-state index in [2.05, 4.69) is 19.0 Å². The molecular formula is C45H52N4O7. The number of hydroxylamine groups is 2. The van der Waals surface area contributed by atoms with Crippen molar-refractivity contribution in [1.29, 1.82) is 0 Å². The molecule has 2 aliphatic rings. The Bertz CT molecular complexity index is 2190. The molecule has 0 aliphatic carbocycles. The van der Waals surface area contributed by atoms with E-state index in [0.29, 0.717) is 48.3 Å². The van der Waals surface area contributed by atoms with E-state index in [4.69, 9.17) is 23.8 Å². The highest BCUT2D eigenvalue weighted by Gasteiger charge is 2.38. The molecule has 0 bridgehead atoms. The topological polar surface area (TPSA) is 124 Å². The maximum Gasteiger partial charge on any atom is 0.329 e. The summed E-state index contributed by atoms with van der Waals surface area (Å²) in [4.78, 5) is 52.5. The molecule has 2 aromatic heterocycles. The Labute approximate surface area is 328 Å². The maximum absolute atomic E-state index is 13.9. The highest BCUT2D eigenvalue weighted by atomic mass is 16.8. The van der Waals surface area contributed by atoms with Crippen LogP contribution in [0.15, 0.2) is 76.8 Å². The number of esters is 1. The van der Waals surface area contributed by atoms with Crippen LogP contribution in [0.25, 0.3) is 45.8 Å². The smallest absolute Gasteiger partial charge is 0.329 e. The van der Waals surface area contributed by atoms with Crippen molar-refractivity contribution >= 4 is 29.9 Å². The zero-order valence-electron chi connectivity index (χ0n) is 33.5. The number of rotatable bonds is 10. The Morgan fingerprint density at radius 2 is 1.59 bits per heavy atom. The SMILES string of the molecule is CC=c1c(C(=O)N(C)OC2CCCCO2)cc(-c2ccc(-c3ccc(-c4cc(C(=O)N5CCCC5C(=O)OC(C)(C)C)on4)cc3)cc2)nc1=CC=C(C)CC. The summed E-state index contributed by atoms with van der Waals surface area (Å²) in [7, 11) is 1.63. The van der Waals surface area contributed by atoms with Crippen molar-refractivity contribution in [1.82, 2.24) is 20.1 Å². The van der Waals surface area contributed by atoms with Gasteiger partial charge in [0.25, 0.3) is 11.8 Å². The van der Waals surface area contributed by atoms with Crippen molar-refractivity contribution in [3.05, 3.63) is 94.2 Å². The van der Waals surface area contributed by atoms with E-state index in [-0.39, 0.29) is 17.6 Å². The molecule has 2 unspecified atom stereocenters. The molecule has 0 N–H and O–H groups in total. The average molecular weight is 761 g/mol. The summed E-state index contributed by atoms with van der Waals surface area (Å²) >= 11 is 0. The number of hydrogen-bond acceptors (Lipinski definition) is 9. The van der Waals surface area contributed by atoms with E-state index in [1.54, 1.807) is 13.1 Å². The average Bonchev–Trinajstić information content (AvgIpc) is 3.90. The number of carbonyl (C=O) groups excluding carboxylic acids is 3. The van der Waals surface area contributed by atoms with E-state index in [9.17, 15) is 14.4 Å². The first kappa shape index (κ1) is 40.3. The van der Waals surface area contributed by atoms with Crippen LogP contribution in [0.2, 0.25) is 0 Å². The van der Waals surface area contributed by atoms with Crippen molar-refractivity contribution in [2.45, 2.75) is 98.0 Å². The van der Waals surface area contributed by atoms with Gasteiger partial charge in [-0.15, -0.1) is 0 Å². The predicted molar refractivity (Wildman–Crippen MR) is 215 cm³/mol. The molecule has 11 nitrogen and oxygen atoms in total. The predicted octanol–water partition coefficient (Wildman–Crippen LogP) is 7.48. The van der Waals surface area contributed by atoms with E-state index < -0.39 is 23.9 Å². The van der Waals surface area contributed by atoms with Crippen LogP contribution in [0.4, 0.5) is 0 Å². The second-order valence-corrected chi connectivity index (χ2v) is 15.3. The third kappa shape index (κ3) is 9.52. The number of amides is 2. The van der Waals surface area contributed by atoms with Gasteiger partial charge < -0.3 is 18.9 Å². The summed E-state index contributed by atoms with van der Waals surface area (Å²) in [6.07, 6.45) is 10.4. The van der Waals surface area contributed by atoms with E-state index in [1.165, 1.54) is 15.5 Å². The van der Waals surface area contributed by atoms with Gasteiger partial charge in [-0.25, -0.2) is 19.7 Å².